The van der Waals surface area contributed by atoms with E-state index in [1.165, 1.54) is 0 Å². The van der Waals surface area contributed by atoms with E-state index in [9.17, 15) is 5.11 Å². The van der Waals surface area contributed by atoms with E-state index < -0.39 is 5.60 Å². The highest BCUT2D eigenvalue weighted by Gasteiger charge is 2.31. The molecule has 3 aromatic rings. The summed E-state index contributed by atoms with van der Waals surface area (Å²) in [5.41, 5.74) is 14.2. The zero-order valence-corrected chi connectivity index (χ0v) is 19.6. The maximum absolute atomic E-state index is 10.4. The second kappa shape index (κ2) is 8.11. The summed E-state index contributed by atoms with van der Waals surface area (Å²) < 4.78 is 1.56. The summed E-state index contributed by atoms with van der Waals surface area (Å²) in [7, 11) is 0. The SMILES string of the molecule is CC(C)(O)C1CCN(c2cc(N)cc(Nc3nc(NC4CC4)c4ncc(N)n4n3)c2Cl)CC1. The van der Waals surface area contributed by atoms with Crippen LogP contribution >= 0.6 is 11.6 Å². The molecule has 2 aromatic heterocycles. The topological polar surface area (TPSA) is 143 Å². The van der Waals surface area contributed by atoms with Crippen LogP contribution in [0.15, 0.2) is 18.3 Å². The Morgan fingerprint density at radius 1 is 1.15 bits per heavy atom. The van der Waals surface area contributed by atoms with E-state index in [0.29, 0.717) is 45.7 Å². The molecule has 2 aliphatic rings. The average Bonchev–Trinajstić information content (AvgIpc) is 3.50. The number of imidazole rings is 1. The highest BCUT2D eigenvalue weighted by Crippen LogP contribution is 2.39. The van der Waals surface area contributed by atoms with Gasteiger partial charge in [-0.05, 0) is 57.6 Å². The number of nitrogens with zero attached hydrogens (tertiary/aromatic N) is 5. The van der Waals surface area contributed by atoms with E-state index in [1.54, 1.807) is 16.8 Å². The van der Waals surface area contributed by atoms with Crippen LogP contribution in [0.3, 0.4) is 0 Å². The molecule has 7 N–H and O–H groups in total. The van der Waals surface area contributed by atoms with Gasteiger partial charge in [0, 0.05) is 24.8 Å². The van der Waals surface area contributed by atoms with Crippen LogP contribution in [0, 0.1) is 5.92 Å². The lowest BCUT2D eigenvalue weighted by atomic mass is 9.83. The fourth-order valence-corrected chi connectivity index (χ4v) is 4.64. The van der Waals surface area contributed by atoms with Crippen LogP contribution in [0.2, 0.25) is 5.02 Å². The molecular weight excluding hydrogens is 442 g/mol. The first-order chi connectivity index (χ1) is 15.7. The van der Waals surface area contributed by atoms with E-state index in [1.807, 2.05) is 19.9 Å². The molecule has 5 rings (SSSR count). The Morgan fingerprint density at radius 2 is 1.88 bits per heavy atom. The van der Waals surface area contributed by atoms with Crippen molar-refractivity contribution < 1.29 is 5.11 Å². The van der Waals surface area contributed by atoms with Gasteiger partial charge in [-0.2, -0.15) is 9.50 Å². The summed E-state index contributed by atoms with van der Waals surface area (Å²) in [5.74, 6) is 1.64. The summed E-state index contributed by atoms with van der Waals surface area (Å²) in [5, 5.41) is 22.0. The van der Waals surface area contributed by atoms with Gasteiger partial charge in [0.25, 0.3) is 0 Å². The van der Waals surface area contributed by atoms with Gasteiger partial charge >= 0.3 is 0 Å². The molecule has 0 radical (unpaired) electrons. The van der Waals surface area contributed by atoms with Crippen LogP contribution in [0.5, 0.6) is 0 Å². The molecule has 2 fully saturated rings. The van der Waals surface area contributed by atoms with Crippen LogP contribution in [0.4, 0.5) is 34.6 Å². The number of halogens is 1. The average molecular weight is 472 g/mol. The van der Waals surface area contributed by atoms with E-state index >= 15 is 0 Å². The molecule has 10 nitrogen and oxygen atoms in total. The van der Waals surface area contributed by atoms with Gasteiger partial charge < -0.3 is 32.1 Å². The minimum atomic E-state index is -0.685. The number of nitrogens with two attached hydrogens (primary N) is 2. The molecule has 0 spiro atoms. The van der Waals surface area contributed by atoms with Gasteiger partial charge in [-0.1, -0.05) is 11.6 Å². The zero-order valence-electron chi connectivity index (χ0n) is 18.8. The number of anilines is 6. The third-order valence-corrected chi connectivity index (χ3v) is 6.86. The minimum absolute atomic E-state index is 0.254. The Balaban J connectivity index is 1.43. The molecule has 0 amide bonds. The van der Waals surface area contributed by atoms with Crippen molar-refractivity contribution >= 4 is 51.9 Å². The molecule has 0 atom stereocenters. The first kappa shape index (κ1) is 21.8. The van der Waals surface area contributed by atoms with Gasteiger partial charge in [0.1, 0.15) is 5.82 Å². The van der Waals surface area contributed by atoms with E-state index in [4.69, 9.17) is 23.1 Å². The maximum atomic E-state index is 10.4. The Hall–Kier alpha value is -2.98. The van der Waals surface area contributed by atoms with Gasteiger partial charge in [-0.15, -0.1) is 5.10 Å². The quantitative estimate of drug-likeness (QED) is 0.342. The largest absolute Gasteiger partial charge is 0.399 e. The minimum Gasteiger partial charge on any atom is -0.399 e. The Labute approximate surface area is 197 Å². The Morgan fingerprint density at radius 3 is 2.55 bits per heavy atom. The molecule has 1 saturated carbocycles. The zero-order chi connectivity index (χ0) is 23.3. The number of piperidine rings is 1. The fraction of sp³-hybridized carbons (Fsp3) is 0.500. The van der Waals surface area contributed by atoms with Crippen LogP contribution in [0.25, 0.3) is 5.65 Å². The Kier molecular flexibility index (Phi) is 5.37. The summed E-state index contributed by atoms with van der Waals surface area (Å²) >= 11 is 6.83. The number of hydrogen-bond donors (Lipinski definition) is 5. The summed E-state index contributed by atoms with van der Waals surface area (Å²) in [6.07, 6.45) is 5.53. The van der Waals surface area contributed by atoms with Crippen molar-refractivity contribution in [2.75, 3.05) is 40.1 Å². The molecule has 1 aliphatic carbocycles. The number of rotatable bonds is 6. The predicted molar refractivity (Wildman–Crippen MR) is 132 cm³/mol. The molecule has 1 aliphatic heterocycles. The van der Waals surface area contributed by atoms with Crippen molar-refractivity contribution in [3.05, 3.63) is 23.4 Å². The van der Waals surface area contributed by atoms with Crippen LogP contribution in [-0.4, -0.2) is 49.4 Å². The number of aliphatic hydroxyl groups is 1. The molecule has 1 saturated heterocycles. The predicted octanol–water partition coefficient (Wildman–Crippen LogP) is 3.25. The van der Waals surface area contributed by atoms with E-state index in [-0.39, 0.29) is 5.92 Å². The number of benzene rings is 1. The second-order valence-corrected chi connectivity index (χ2v) is 9.94. The van der Waals surface area contributed by atoms with Crippen molar-refractivity contribution in [2.24, 2.45) is 5.92 Å². The molecule has 11 heteroatoms. The van der Waals surface area contributed by atoms with Crippen LogP contribution < -0.4 is 27.0 Å². The number of hydrogen-bond acceptors (Lipinski definition) is 9. The maximum Gasteiger partial charge on any atom is 0.247 e. The van der Waals surface area contributed by atoms with Gasteiger partial charge in [0.2, 0.25) is 5.95 Å². The molecular formula is C22H30ClN9O. The highest BCUT2D eigenvalue weighted by atomic mass is 35.5. The molecule has 176 valence electrons. The first-order valence-corrected chi connectivity index (χ1v) is 11.7. The lowest BCUT2D eigenvalue weighted by Gasteiger charge is -2.39. The molecule has 3 heterocycles. The van der Waals surface area contributed by atoms with Gasteiger partial charge in [0.15, 0.2) is 11.5 Å². The normalized spacial score (nSPS) is 17.5. The monoisotopic (exact) mass is 471 g/mol. The number of fused-ring (bicyclic) bond motifs is 1. The molecule has 0 unspecified atom stereocenters. The van der Waals surface area contributed by atoms with Crippen molar-refractivity contribution in [3.8, 4) is 0 Å². The fourth-order valence-electron chi connectivity index (χ4n) is 4.37. The van der Waals surface area contributed by atoms with Crippen molar-refractivity contribution in [3.63, 3.8) is 0 Å². The van der Waals surface area contributed by atoms with E-state index in [0.717, 1.165) is 44.5 Å². The third kappa shape index (κ3) is 4.45. The summed E-state index contributed by atoms with van der Waals surface area (Å²) in [6, 6.07) is 4.05. The number of nitrogen functional groups attached to an aromatic ring is 2. The number of aromatic nitrogens is 4. The molecule has 1 aromatic carbocycles. The standard InChI is InChI=1S/C22H30ClN9O/c1-22(2,33)12-5-7-31(8-6-12)16-10-13(24)9-15(18(16)23)28-21-29-19(27-14-3-4-14)20-26-11-17(25)32(20)30-21/h9-12,14,33H,3-8,24-25H2,1-2H3,(H2,27,28,29,30). The van der Waals surface area contributed by atoms with E-state index in [2.05, 4.69) is 30.6 Å². The second-order valence-electron chi connectivity index (χ2n) is 9.56. The van der Waals surface area contributed by atoms with Gasteiger partial charge in [0.05, 0.1) is 28.2 Å². The first-order valence-electron chi connectivity index (χ1n) is 11.3. The summed E-state index contributed by atoms with van der Waals surface area (Å²) in [6.45, 7) is 5.33. The molecule has 33 heavy (non-hydrogen) atoms. The summed E-state index contributed by atoms with van der Waals surface area (Å²) in [4.78, 5) is 11.2. The molecule has 0 bridgehead atoms. The lowest BCUT2D eigenvalue weighted by molar-refractivity contribution is 0.00652. The van der Waals surface area contributed by atoms with Gasteiger partial charge in [-0.25, -0.2) is 4.98 Å². The van der Waals surface area contributed by atoms with Crippen molar-refractivity contribution in [1.82, 2.24) is 19.6 Å². The lowest BCUT2D eigenvalue weighted by Crippen LogP contribution is -2.42. The number of nitrogens with one attached hydrogen (secondary N) is 2. The van der Waals surface area contributed by atoms with Crippen LogP contribution in [0.1, 0.15) is 39.5 Å². The van der Waals surface area contributed by atoms with Crippen molar-refractivity contribution in [2.45, 2.75) is 51.2 Å². The van der Waals surface area contributed by atoms with Gasteiger partial charge in [-0.3, -0.25) is 0 Å². The third-order valence-electron chi connectivity index (χ3n) is 6.46. The Bertz CT molecular complexity index is 1180. The highest BCUT2D eigenvalue weighted by molar-refractivity contribution is 6.36. The van der Waals surface area contributed by atoms with Crippen LogP contribution in [-0.2, 0) is 0 Å². The van der Waals surface area contributed by atoms with Crippen molar-refractivity contribution in [1.29, 1.82) is 0 Å². The smallest absolute Gasteiger partial charge is 0.247 e.